The molecule has 0 spiro atoms. The predicted octanol–water partition coefficient (Wildman–Crippen LogP) is 0.239. The number of primary amides is 1. The van der Waals surface area contributed by atoms with Gasteiger partial charge in [-0.15, -0.1) is 0 Å². The number of likely N-dealkylation sites (tertiary alicyclic amines) is 1. The van der Waals surface area contributed by atoms with Crippen molar-refractivity contribution in [2.75, 3.05) is 6.54 Å². The van der Waals surface area contributed by atoms with E-state index in [1.165, 1.54) is 27.8 Å². The fourth-order valence-corrected chi connectivity index (χ4v) is 4.13. The second-order valence-corrected chi connectivity index (χ2v) is 9.02. The Balaban J connectivity index is 1.75. The zero-order valence-electron chi connectivity index (χ0n) is 18.7. The molecule has 0 radical (unpaired) electrons. The van der Waals surface area contributed by atoms with Crippen molar-refractivity contribution < 1.29 is 19.5 Å². The van der Waals surface area contributed by atoms with Crippen LogP contribution in [0.3, 0.4) is 0 Å². The molecule has 0 aromatic carbocycles. The number of aromatic hydroxyl groups is 1. The molecule has 0 bridgehead atoms. The summed E-state index contributed by atoms with van der Waals surface area (Å²) in [7, 11) is 0. The third-order valence-electron chi connectivity index (χ3n) is 5.87. The first-order chi connectivity index (χ1) is 15.7. The molecular weight excluding hydrogens is 428 g/mol. The molecule has 1 unspecified atom stereocenters. The van der Waals surface area contributed by atoms with Crippen molar-refractivity contribution in [2.45, 2.75) is 58.2 Å². The van der Waals surface area contributed by atoms with Gasteiger partial charge in [-0.25, -0.2) is 0 Å². The number of amides is 3. The van der Waals surface area contributed by atoms with Gasteiger partial charge in [0, 0.05) is 30.8 Å². The molecule has 11 nitrogen and oxygen atoms in total. The van der Waals surface area contributed by atoms with Crippen molar-refractivity contribution in [1.29, 1.82) is 0 Å². The van der Waals surface area contributed by atoms with Gasteiger partial charge in [0.05, 0.1) is 6.20 Å². The molecule has 2 fully saturated rings. The summed E-state index contributed by atoms with van der Waals surface area (Å²) in [5.41, 5.74) is 5.10. The Bertz CT molecular complexity index is 1210. The van der Waals surface area contributed by atoms with E-state index in [2.05, 4.69) is 10.4 Å². The Morgan fingerprint density at radius 2 is 2.03 bits per heavy atom. The second-order valence-electron chi connectivity index (χ2n) is 9.02. The molecule has 1 aliphatic heterocycles. The summed E-state index contributed by atoms with van der Waals surface area (Å²) in [5.74, 6) is -2.04. The van der Waals surface area contributed by atoms with E-state index in [-0.39, 0.29) is 35.6 Å². The minimum Gasteiger partial charge on any atom is -0.492 e. The van der Waals surface area contributed by atoms with E-state index in [1.807, 2.05) is 13.8 Å². The van der Waals surface area contributed by atoms with Crippen LogP contribution in [-0.2, 0) is 16.1 Å². The van der Waals surface area contributed by atoms with Crippen LogP contribution in [0.25, 0.3) is 11.7 Å². The van der Waals surface area contributed by atoms with Crippen molar-refractivity contribution in [1.82, 2.24) is 24.4 Å². The highest BCUT2D eigenvalue weighted by Gasteiger charge is 2.32. The molecule has 1 saturated carbocycles. The van der Waals surface area contributed by atoms with Crippen molar-refractivity contribution in [3.63, 3.8) is 0 Å². The van der Waals surface area contributed by atoms with Crippen LogP contribution >= 0.6 is 0 Å². The average Bonchev–Trinajstić information content (AvgIpc) is 3.25. The summed E-state index contributed by atoms with van der Waals surface area (Å²) in [6.45, 7) is 4.56. The number of aromatic nitrogens is 3. The number of nitrogens with zero attached hydrogens (tertiary/aromatic N) is 4. The van der Waals surface area contributed by atoms with E-state index in [0.29, 0.717) is 24.9 Å². The second kappa shape index (κ2) is 8.72. The van der Waals surface area contributed by atoms with Gasteiger partial charge in [0.1, 0.15) is 11.7 Å². The summed E-state index contributed by atoms with van der Waals surface area (Å²) < 4.78 is 2.53. The SMILES string of the molecule is CC(C)Cn1c(=O)c(C(=O)NC2CC2)c(O)n2ncc(C=CC(=O)N3CCCC3C(N)=O)c12. The molecule has 1 aliphatic carbocycles. The van der Waals surface area contributed by atoms with Gasteiger partial charge in [0.15, 0.2) is 5.56 Å². The lowest BCUT2D eigenvalue weighted by Gasteiger charge is -2.20. The maximum absolute atomic E-state index is 13.2. The normalized spacial score (nSPS) is 18.5. The van der Waals surface area contributed by atoms with Crippen LogP contribution in [0.5, 0.6) is 5.88 Å². The van der Waals surface area contributed by atoms with Gasteiger partial charge < -0.3 is 21.1 Å². The number of hydrogen-bond donors (Lipinski definition) is 3. The van der Waals surface area contributed by atoms with Gasteiger partial charge >= 0.3 is 0 Å². The molecule has 2 aliphatic rings. The van der Waals surface area contributed by atoms with E-state index in [0.717, 1.165) is 17.4 Å². The number of fused-ring (bicyclic) bond motifs is 1. The lowest BCUT2D eigenvalue weighted by molar-refractivity contribution is -0.133. The van der Waals surface area contributed by atoms with Crippen molar-refractivity contribution in [2.24, 2.45) is 11.7 Å². The van der Waals surface area contributed by atoms with Crippen molar-refractivity contribution in [3.05, 3.63) is 33.8 Å². The molecule has 3 heterocycles. The Morgan fingerprint density at radius 3 is 2.67 bits per heavy atom. The molecule has 176 valence electrons. The number of carbonyl (C=O) groups is 3. The lowest BCUT2D eigenvalue weighted by atomic mass is 10.2. The molecule has 2 aromatic heterocycles. The largest absolute Gasteiger partial charge is 0.492 e. The standard InChI is InChI=1S/C22H28N6O5/c1-12(2)11-27-20-13(5-8-16(29)26-9-3-4-15(26)18(23)30)10-24-28(20)22(33)17(21(27)32)19(31)25-14-6-7-14/h5,8,10,12,14-15,33H,3-4,6-7,9,11H2,1-2H3,(H2,23,30)(H,25,31). The molecular formula is C22H28N6O5. The first kappa shape index (κ1) is 22.6. The van der Waals surface area contributed by atoms with Crippen LogP contribution in [0, 0.1) is 5.92 Å². The summed E-state index contributed by atoms with van der Waals surface area (Å²) in [6, 6.07) is -0.621. The molecule has 1 saturated heterocycles. The van der Waals surface area contributed by atoms with E-state index < -0.39 is 29.3 Å². The first-order valence-electron chi connectivity index (χ1n) is 11.1. The number of carbonyl (C=O) groups excluding carboxylic acids is 3. The minimum atomic E-state index is -0.637. The highest BCUT2D eigenvalue weighted by molar-refractivity contribution is 5.98. The van der Waals surface area contributed by atoms with Crippen molar-refractivity contribution in [3.8, 4) is 5.88 Å². The third kappa shape index (κ3) is 4.35. The van der Waals surface area contributed by atoms with Gasteiger partial charge in [-0.1, -0.05) is 13.8 Å². The molecule has 2 aromatic rings. The van der Waals surface area contributed by atoms with E-state index in [9.17, 15) is 24.3 Å². The number of rotatable bonds is 7. The van der Waals surface area contributed by atoms with Gasteiger partial charge in [0.2, 0.25) is 17.7 Å². The van der Waals surface area contributed by atoms with Crippen LogP contribution < -0.4 is 16.6 Å². The maximum atomic E-state index is 13.2. The molecule has 4 N–H and O–H groups in total. The van der Waals surface area contributed by atoms with Crippen molar-refractivity contribution >= 4 is 29.4 Å². The Hall–Kier alpha value is -3.63. The highest BCUT2D eigenvalue weighted by atomic mass is 16.3. The first-order valence-corrected chi connectivity index (χ1v) is 11.1. The monoisotopic (exact) mass is 456 g/mol. The van der Waals surface area contributed by atoms with E-state index in [1.54, 1.807) is 0 Å². The fourth-order valence-electron chi connectivity index (χ4n) is 4.13. The number of hydrogen-bond acceptors (Lipinski definition) is 6. The lowest BCUT2D eigenvalue weighted by Crippen LogP contribution is -2.43. The average molecular weight is 457 g/mol. The summed E-state index contributed by atoms with van der Waals surface area (Å²) in [4.78, 5) is 51.6. The van der Waals surface area contributed by atoms with E-state index in [4.69, 9.17) is 5.73 Å². The minimum absolute atomic E-state index is 0.0162. The zero-order chi connectivity index (χ0) is 23.9. The Labute approximate surface area is 189 Å². The third-order valence-corrected chi connectivity index (χ3v) is 5.87. The topological polar surface area (TPSA) is 152 Å². The Morgan fingerprint density at radius 1 is 1.30 bits per heavy atom. The summed E-state index contributed by atoms with van der Waals surface area (Å²) in [5, 5.41) is 17.6. The number of nitrogens with one attached hydrogen (secondary N) is 1. The molecule has 33 heavy (non-hydrogen) atoms. The van der Waals surface area contributed by atoms with Gasteiger partial charge in [-0.05, 0) is 37.7 Å². The maximum Gasteiger partial charge on any atom is 0.270 e. The molecule has 1 atom stereocenters. The van der Waals surface area contributed by atoms with Gasteiger partial charge in [-0.2, -0.15) is 9.61 Å². The zero-order valence-corrected chi connectivity index (χ0v) is 18.7. The van der Waals surface area contributed by atoms with Crippen LogP contribution in [0.15, 0.2) is 17.1 Å². The quantitative estimate of drug-likeness (QED) is 0.508. The van der Waals surface area contributed by atoms with Gasteiger partial charge in [-0.3, -0.25) is 23.7 Å². The smallest absolute Gasteiger partial charge is 0.270 e. The fraction of sp³-hybridized carbons (Fsp3) is 0.500. The highest BCUT2D eigenvalue weighted by Crippen LogP contribution is 2.24. The Kier molecular flexibility index (Phi) is 5.96. The van der Waals surface area contributed by atoms with Crippen LogP contribution in [0.4, 0.5) is 0 Å². The molecule has 3 amide bonds. The van der Waals surface area contributed by atoms with Crippen LogP contribution in [-0.4, -0.2) is 60.5 Å². The van der Waals surface area contributed by atoms with Gasteiger partial charge in [0.25, 0.3) is 11.5 Å². The van der Waals surface area contributed by atoms with Crippen LogP contribution in [0.1, 0.15) is 55.5 Å². The molecule has 4 rings (SSSR count). The van der Waals surface area contributed by atoms with Crippen LogP contribution in [0.2, 0.25) is 0 Å². The molecule has 11 heteroatoms. The predicted molar refractivity (Wildman–Crippen MR) is 119 cm³/mol. The summed E-state index contributed by atoms with van der Waals surface area (Å²) >= 11 is 0. The number of nitrogens with two attached hydrogens (primary N) is 1. The summed E-state index contributed by atoms with van der Waals surface area (Å²) in [6.07, 6.45) is 7.10. The van der Waals surface area contributed by atoms with E-state index >= 15 is 0 Å².